The summed E-state index contributed by atoms with van der Waals surface area (Å²) < 4.78 is 0. The summed E-state index contributed by atoms with van der Waals surface area (Å²) in [5.41, 5.74) is 1.86. The van der Waals surface area contributed by atoms with Crippen LogP contribution in [0.25, 0.3) is 10.6 Å². The Labute approximate surface area is 122 Å². The van der Waals surface area contributed by atoms with Gasteiger partial charge >= 0.3 is 0 Å². The molecular weight excluding hydrogens is 270 g/mol. The average Bonchev–Trinajstić information content (AvgIpc) is 2.80. The Hall–Kier alpha value is -1.72. The van der Waals surface area contributed by atoms with Crippen LogP contribution in [0.15, 0.2) is 30.3 Å². The van der Waals surface area contributed by atoms with Crippen molar-refractivity contribution in [3.63, 3.8) is 0 Å². The van der Waals surface area contributed by atoms with E-state index in [0.29, 0.717) is 5.92 Å². The molecule has 1 aliphatic rings. The Morgan fingerprint density at radius 3 is 2.80 bits per heavy atom. The molecule has 1 aromatic heterocycles. The van der Waals surface area contributed by atoms with Gasteiger partial charge in [-0.05, 0) is 6.92 Å². The molecule has 0 aliphatic carbocycles. The second-order valence-corrected chi connectivity index (χ2v) is 6.03. The fourth-order valence-corrected chi connectivity index (χ4v) is 3.11. The van der Waals surface area contributed by atoms with Gasteiger partial charge in [0.05, 0.1) is 5.69 Å². The number of hydrogen-bond acceptors (Lipinski definition) is 4. The van der Waals surface area contributed by atoms with Crippen molar-refractivity contribution in [1.82, 2.24) is 15.6 Å². The van der Waals surface area contributed by atoms with E-state index >= 15 is 0 Å². The molecule has 20 heavy (non-hydrogen) atoms. The highest BCUT2D eigenvalue weighted by molar-refractivity contribution is 7.17. The standard InChI is InChI=1S/C15H17N3OS/c1-10-13(14(19)17-9-11-7-16-8-11)20-15(18-10)12-5-3-2-4-6-12/h2-6,11,16H,7-9H2,1H3,(H,17,19). The molecule has 1 fully saturated rings. The van der Waals surface area contributed by atoms with Crippen LogP contribution in [0.5, 0.6) is 0 Å². The van der Waals surface area contributed by atoms with Crippen molar-refractivity contribution in [1.29, 1.82) is 0 Å². The van der Waals surface area contributed by atoms with E-state index in [1.807, 2.05) is 37.3 Å². The van der Waals surface area contributed by atoms with E-state index in [1.165, 1.54) is 11.3 Å². The van der Waals surface area contributed by atoms with Crippen LogP contribution >= 0.6 is 11.3 Å². The Bertz CT molecular complexity index is 605. The highest BCUT2D eigenvalue weighted by atomic mass is 32.1. The molecule has 0 bridgehead atoms. The van der Waals surface area contributed by atoms with E-state index in [0.717, 1.165) is 40.8 Å². The maximum Gasteiger partial charge on any atom is 0.263 e. The third-order valence-electron chi connectivity index (χ3n) is 3.44. The first-order valence-corrected chi connectivity index (χ1v) is 7.57. The number of aryl methyl sites for hydroxylation is 1. The molecule has 2 N–H and O–H groups in total. The summed E-state index contributed by atoms with van der Waals surface area (Å²) >= 11 is 1.46. The fraction of sp³-hybridized carbons (Fsp3) is 0.333. The summed E-state index contributed by atoms with van der Waals surface area (Å²) in [6.45, 7) is 4.63. The predicted octanol–water partition coefficient (Wildman–Crippen LogP) is 2.07. The van der Waals surface area contributed by atoms with E-state index in [9.17, 15) is 4.79 Å². The zero-order valence-corrected chi connectivity index (χ0v) is 12.2. The molecule has 0 unspecified atom stereocenters. The van der Waals surface area contributed by atoms with Crippen molar-refractivity contribution in [3.8, 4) is 10.6 Å². The quantitative estimate of drug-likeness (QED) is 0.905. The largest absolute Gasteiger partial charge is 0.351 e. The zero-order chi connectivity index (χ0) is 13.9. The third kappa shape index (κ3) is 2.73. The summed E-state index contributed by atoms with van der Waals surface area (Å²) in [7, 11) is 0. The molecule has 5 heteroatoms. The molecule has 1 aromatic carbocycles. The summed E-state index contributed by atoms with van der Waals surface area (Å²) in [4.78, 5) is 17.4. The molecule has 2 aromatic rings. The van der Waals surface area contributed by atoms with Crippen molar-refractivity contribution >= 4 is 17.2 Å². The fourth-order valence-electron chi connectivity index (χ4n) is 2.12. The van der Waals surface area contributed by atoms with E-state index in [2.05, 4.69) is 15.6 Å². The maximum atomic E-state index is 12.2. The van der Waals surface area contributed by atoms with Gasteiger partial charge in [-0.15, -0.1) is 11.3 Å². The number of amides is 1. The average molecular weight is 287 g/mol. The highest BCUT2D eigenvalue weighted by Crippen LogP contribution is 2.27. The first-order chi connectivity index (χ1) is 9.74. The molecule has 2 heterocycles. The molecule has 0 atom stereocenters. The van der Waals surface area contributed by atoms with Crippen molar-refractivity contribution in [2.45, 2.75) is 6.92 Å². The monoisotopic (exact) mass is 287 g/mol. The molecule has 1 saturated heterocycles. The van der Waals surface area contributed by atoms with Crippen molar-refractivity contribution in [3.05, 3.63) is 40.9 Å². The molecule has 3 rings (SSSR count). The molecule has 0 radical (unpaired) electrons. The van der Waals surface area contributed by atoms with Crippen LogP contribution in [0, 0.1) is 12.8 Å². The summed E-state index contributed by atoms with van der Waals surface area (Å²) in [6, 6.07) is 9.97. The Morgan fingerprint density at radius 2 is 2.15 bits per heavy atom. The topological polar surface area (TPSA) is 54.0 Å². The number of nitrogens with zero attached hydrogens (tertiary/aromatic N) is 1. The van der Waals surface area contributed by atoms with Gasteiger partial charge in [0.25, 0.3) is 5.91 Å². The molecule has 0 spiro atoms. The molecule has 1 amide bonds. The predicted molar refractivity (Wildman–Crippen MR) is 81.0 cm³/mol. The van der Waals surface area contributed by atoms with Gasteiger partial charge in [0.2, 0.25) is 0 Å². The van der Waals surface area contributed by atoms with E-state index in [-0.39, 0.29) is 5.91 Å². The number of rotatable bonds is 4. The Kier molecular flexibility index (Phi) is 3.80. The van der Waals surface area contributed by atoms with Gasteiger partial charge in [0.15, 0.2) is 0 Å². The summed E-state index contributed by atoms with van der Waals surface area (Å²) in [5.74, 6) is 0.565. The minimum Gasteiger partial charge on any atom is -0.351 e. The van der Waals surface area contributed by atoms with Gasteiger partial charge in [-0.1, -0.05) is 30.3 Å². The van der Waals surface area contributed by atoms with Gasteiger partial charge in [-0.2, -0.15) is 0 Å². The van der Waals surface area contributed by atoms with Gasteiger partial charge < -0.3 is 10.6 Å². The lowest BCUT2D eigenvalue weighted by Gasteiger charge is -2.26. The van der Waals surface area contributed by atoms with Crippen molar-refractivity contribution < 1.29 is 4.79 Å². The third-order valence-corrected chi connectivity index (χ3v) is 4.65. The van der Waals surface area contributed by atoms with Crippen LogP contribution in [0.1, 0.15) is 15.4 Å². The lowest BCUT2D eigenvalue weighted by Crippen LogP contribution is -2.48. The summed E-state index contributed by atoms with van der Waals surface area (Å²) in [5, 5.41) is 7.10. The number of nitrogens with one attached hydrogen (secondary N) is 2. The molecule has 4 nitrogen and oxygen atoms in total. The number of thiazole rings is 1. The number of hydrogen-bond donors (Lipinski definition) is 2. The van der Waals surface area contributed by atoms with Crippen LogP contribution < -0.4 is 10.6 Å². The molecule has 0 saturated carbocycles. The van der Waals surface area contributed by atoms with Crippen molar-refractivity contribution in [2.75, 3.05) is 19.6 Å². The first kappa shape index (κ1) is 13.3. The molecule has 104 valence electrons. The lowest BCUT2D eigenvalue weighted by molar-refractivity contribution is 0.0945. The maximum absolute atomic E-state index is 12.2. The molecular formula is C15H17N3OS. The van der Waals surface area contributed by atoms with Gasteiger partial charge in [-0.3, -0.25) is 4.79 Å². The normalized spacial score (nSPS) is 14.8. The summed E-state index contributed by atoms with van der Waals surface area (Å²) in [6.07, 6.45) is 0. The van der Waals surface area contributed by atoms with E-state index < -0.39 is 0 Å². The van der Waals surface area contributed by atoms with Gasteiger partial charge in [-0.25, -0.2) is 4.98 Å². The zero-order valence-electron chi connectivity index (χ0n) is 11.3. The van der Waals surface area contributed by atoms with Crippen molar-refractivity contribution in [2.24, 2.45) is 5.92 Å². The first-order valence-electron chi connectivity index (χ1n) is 6.76. The van der Waals surface area contributed by atoms with E-state index in [1.54, 1.807) is 0 Å². The number of carbonyl (C=O) groups is 1. The van der Waals surface area contributed by atoms with Gasteiger partial charge in [0.1, 0.15) is 9.88 Å². The van der Waals surface area contributed by atoms with Crippen LogP contribution in [-0.2, 0) is 0 Å². The number of carbonyl (C=O) groups excluding carboxylic acids is 1. The molecule has 1 aliphatic heterocycles. The number of aromatic nitrogens is 1. The SMILES string of the molecule is Cc1nc(-c2ccccc2)sc1C(=O)NCC1CNC1. The number of benzene rings is 1. The minimum absolute atomic E-state index is 0.00548. The van der Waals surface area contributed by atoms with Crippen LogP contribution in [0.4, 0.5) is 0 Å². The minimum atomic E-state index is -0.00548. The Morgan fingerprint density at radius 1 is 1.40 bits per heavy atom. The van der Waals surface area contributed by atoms with E-state index in [4.69, 9.17) is 0 Å². The smallest absolute Gasteiger partial charge is 0.263 e. The lowest BCUT2D eigenvalue weighted by atomic mass is 10.0. The van der Waals surface area contributed by atoms with Crippen LogP contribution in [-0.4, -0.2) is 30.5 Å². The van der Waals surface area contributed by atoms with Crippen LogP contribution in [0.2, 0.25) is 0 Å². The van der Waals surface area contributed by atoms with Crippen LogP contribution in [0.3, 0.4) is 0 Å². The Balaban J connectivity index is 1.73. The second-order valence-electron chi connectivity index (χ2n) is 5.03. The second kappa shape index (κ2) is 5.73. The highest BCUT2D eigenvalue weighted by Gasteiger charge is 2.20. The van der Waals surface area contributed by atoms with Gasteiger partial charge in [0, 0.05) is 31.1 Å².